The van der Waals surface area contributed by atoms with Crippen LogP contribution >= 0.6 is 0 Å². The normalized spacial score (nSPS) is 18.6. The Bertz CT molecular complexity index is 1200. The number of benzene rings is 2. The van der Waals surface area contributed by atoms with E-state index < -0.39 is 12.1 Å². The van der Waals surface area contributed by atoms with Crippen LogP contribution < -0.4 is 9.47 Å². The van der Waals surface area contributed by atoms with Gasteiger partial charge in [-0.05, 0) is 117 Å². The molecule has 0 amide bonds. The number of fused-ring (bicyclic) bond motifs is 1. The number of carbonyl (C=O) groups is 1. The highest BCUT2D eigenvalue weighted by atomic mass is 19.1. The number of likely N-dealkylation sites (tertiary alicyclic amines) is 1. The molecule has 210 valence electrons. The molecule has 0 spiro atoms. The number of carboxylic acids is 1. The standard InChI is InChI=1S/C32H41FN2O4/c1-38-26-10-6-23(7-11-26)5-3-4-19-35-20-17-24(25(22-35)9-15-32(36)37)8-13-30(33)28-16-18-34-31-14-12-27(39-2)21-29(28)31/h6-7,10-12,14,16,18,21,24-25,30H,3-5,8-9,13,15,17,19-20,22H2,1-2H3,(H,36,37)/t24-,25-,30-/m1/s1. The van der Waals surface area contributed by atoms with Crippen molar-refractivity contribution in [1.82, 2.24) is 9.88 Å². The Hall–Kier alpha value is -3.19. The van der Waals surface area contributed by atoms with Crippen molar-refractivity contribution in [2.45, 2.75) is 57.5 Å². The minimum atomic E-state index is -1.10. The van der Waals surface area contributed by atoms with Crippen molar-refractivity contribution in [3.05, 3.63) is 65.9 Å². The topological polar surface area (TPSA) is 71.9 Å². The van der Waals surface area contributed by atoms with E-state index in [2.05, 4.69) is 22.0 Å². The van der Waals surface area contributed by atoms with Crippen LogP contribution in [0.5, 0.6) is 11.5 Å². The molecule has 4 rings (SSSR count). The van der Waals surface area contributed by atoms with E-state index in [9.17, 15) is 9.90 Å². The predicted octanol–water partition coefficient (Wildman–Crippen LogP) is 6.87. The largest absolute Gasteiger partial charge is 0.497 e. The first-order valence-electron chi connectivity index (χ1n) is 14.1. The van der Waals surface area contributed by atoms with Crippen molar-refractivity contribution >= 4 is 16.9 Å². The highest BCUT2D eigenvalue weighted by molar-refractivity contribution is 5.83. The zero-order valence-electron chi connectivity index (χ0n) is 23.2. The fraction of sp³-hybridized carbons (Fsp3) is 0.500. The molecule has 1 aliphatic rings. The molecular weight excluding hydrogens is 495 g/mol. The molecular formula is C32H41FN2O4. The number of aromatic nitrogens is 1. The molecule has 0 bridgehead atoms. The molecule has 3 atom stereocenters. The maximum atomic E-state index is 15.6. The summed E-state index contributed by atoms with van der Waals surface area (Å²) in [5, 5.41) is 10.1. The smallest absolute Gasteiger partial charge is 0.303 e. The van der Waals surface area contributed by atoms with Crippen LogP contribution in [0.15, 0.2) is 54.7 Å². The number of rotatable bonds is 14. The van der Waals surface area contributed by atoms with Gasteiger partial charge in [-0.25, -0.2) is 4.39 Å². The molecule has 1 aliphatic heterocycles. The molecule has 1 fully saturated rings. The fourth-order valence-corrected chi connectivity index (χ4v) is 5.89. The Morgan fingerprint density at radius 2 is 1.82 bits per heavy atom. The van der Waals surface area contributed by atoms with E-state index in [4.69, 9.17) is 9.47 Å². The SMILES string of the molecule is COc1ccc(CCCCN2CC[C@@H](CC[C@@H](F)c3ccnc4ccc(OC)cc34)[C@H](CCC(=O)O)C2)cc1. The number of pyridine rings is 1. The molecule has 0 radical (unpaired) electrons. The second-order valence-corrected chi connectivity index (χ2v) is 10.7. The van der Waals surface area contributed by atoms with Crippen molar-refractivity contribution in [2.75, 3.05) is 33.9 Å². The first kappa shape index (κ1) is 28.8. The Labute approximate surface area is 231 Å². The summed E-state index contributed by atoms with van der Waals surface area (Å²) in [4.78, 5) is 18.2. The van der Waals surface area contributed by atoms with Gasteiger partial charge >= 0.3 is 5.97 Å². The lowest BCUT2D eigenvalue weighted by Crippen LogP contribution is -2.41. The Balaban J connectivity index is 1.30. The van der Waals surface area contributed by atoms with Gasteiger partial charge < -0.3 is 19.5 Å². The number of hydrogen-bond acceptors (Lipinski definition) is 5. The Kier molecular flexibility index (Phi) is 10.5. The highest BCUT2D eigenvalue weighted by Gasteiger charge is 2.30. The first-order valence-corrected chi connectivity index (χ1v) is 14.1. The molecule has 39 heavy (non-hydrogen) atoms. The van der Waals surface area contributed by atoms with Gasteiger partial charge in [0.1, 0.15) is 17.7 Å². The number of nitrogens with zero attached hydrogens (tertiary/aromatic N) is 2. The molecule has 6 nitrogen and oxygen atoms in total. The van der Waals surface area contributed by atoms with Crippen LogP contribution in [0.2, 0.25) is 0 Å². The van der Waals surface area contributed by atoms with E-state index in [1.54, 1.807) is 26.5 Å². The molecule has 1 N–H and O–H groups in total. The summed E-state index contributed by atoms with van der Waals surface area (Å²) in [6.07, 6.45) is 6.80. The summed E-state index contributed by atoms with van der Waals surface area (Å²) in [6, 6.07) is 15.6. The minimum absolute atomic E-state index is 0.167. The number of methoxy groups -OCH3 is 2. The maximum Gasteiger partial charge on any atom is 0.303 e. The fourth-order valence-electron chi connectivity index (χ4n) is 5.89. The molecule has 1 aromatic heterocycles. The summed E-state index contributed by atoms with van der Waals surface area (Å²) >= 11 is 0. The second kappa shape index (κ2) is 14.3. The summed E-state index contributed by atoms with van der Waals surface area (Å²) in [7, 11) is 3.28. The van der Waals surface area contributed by atoms with Crippen LogP contribution in [-0.2, 0) is 11.2 Å². The molecule has 0 aliphatic carbocycles. The van der Waals surface area contributed by atoms with Gasteiger partial charge in [0.15, 0.2) is 0 Å². The number of aryl methyl sites for hydroxylation is 1. The Morgan fingerprint density at radius 3 is 2.56 bits per heavy atom. The van der Waals surface area contributed by atoms with Gasteiger partial charge in [-0.3, -0.25) is 9.78 Å². The summed E-state index contributed by atoms with van der Waals surface area (Å²) in [5.74, 6) is 1.42. The molecule has 3 aromatic rings. The molecule has 2 heterocycles. The number of hydrogen-bond donors (Lipinski definition) is 1. The van der Waals surface area contributed by atoms with Crippen LogP contribution in [0, 0.1) is 11.8 Å². The van der Waals surface area contributed by atoms with Crippen molar-refractivity contribution in [3.63, 3.8) is 0 Å². The second-order valence-electron chi connectivity index (χ2n) is 10.7. The third-order valence-electron chi connectivity index (χ3n) is 8.16. The van der Waals surface area contributed by atoms with E-state index in [0.717, 1.165) is 68.4 Å². The van der Waals surface area contributed by atoms with Gasteiger partial charge in [-0.2, -0.15) is 0 Å². The molecule has 2 aromatic carbocycles. The summed E-state index contributed by atoms with van der Waals surface area (Å²) < 4.78 is 26.2. The lowest BCUT2D eigenvalue weighted by molar-refractivity contribution is -0.137. The number of halogens is 1. The number of unbranched alkanes of at least 4 members (excludes halogenated alkanes) is 1. The average molecular weight is 537 g/mol. The average Bonchev–Trinajstić information content (AvgIpc) is 2.97. The number of piperidine rings is 1. The quantitative estimate of drug-likeness (QED) is 0.227. The molecule has 1 saturated heterocycles. The zero-order valence-corrected chi connectivity index (χ0v) is 23.2. The molecule has 7 heteroatoms. The van der Waals surface area contributed by atoms with Crippen molar-refractivity contribution in [1.29, 1.82) is 0 Å². The summed E-state index contributed by atoms with van der Waals surface area (Å²) in [6.45, 7) is 2.90. The van der Waals surface area contributed by atoms with Gasteiger partial charge in [0.25, 0.3) is 0 Å². The van der Waals surface area contributed by atoms with Crippen LogP contribution in [0.3, 0.4) is 0 Å². The third-order valence-corrected chi connectivity index (χ3v) is 8.16. The number of carboxylic acid groups (broad SMARTS) is 1. The molecule has 0 saturated carbocycles. The predicted molar refractivity (Wildman–Crippen MR) is 152 cm³/mol. The first-order chi connectivity index (χ1) is 19.0. The van der Waals surface area contributed by atoms with Crippen LogP contribution in [0.1, 0.15) is 62.2 Å². The van der Waals surface area contributed by atoms with Crippen molar-refractivity contribution < 1.29 is 23.8 Å². The van der Waals surface area contributed by atoms with E-state index in [0.29, 0.717) is 30.1 Å². The van der Waals surface area contributed by atoms with Crippen molar-refractivity contribution in [3.8, 4) is 11.5 Å². The van der Waals surface area contributed by atoms with Crippen molar-refractivity contribution in [2.24, 2.45) is 11.8 Å². The van der Waals surface area contributed by atoms with E-state index in [1.165, 1.54) is 5.56 Å². The number of alkyl halides is 1. The van der Waals surface area contributed by atoms with Gasteiger partial charge in [0.05, 0.1) is 19.7 Å². The van der Waals surface area contributed by atoms with Gasteiger partial charge in [0, 0.05) is 24.5 Å². The van der Waals surface area contributed by atoms with Gasteiger partial charge in [-0.15, -0.1) is 0 Å². The van der Waals surface area contributed by atoms with Crippen LogP contribution in [-0.4, -0.2) is 54.8 Å². The molecule has 0 unspecified atom stereocenters. The lowest BCUT2D eigenvalue weighted by Gasteiger charge is -2.39. The van der Waals surface area contributed by atoms with Crippen LogP contribution in [0.25, 0.3) is 10.9 Å². The lowest BCUT2D eigenvalue weighted by atomic mass is 9.79. The van der Waals surface area contributed by atoms with E-state index in [-0.39, 0.29) is 12.3 Å². The maximum absolute atomic E-state index is 15.6. The minimum Gasteiger partial charge on any atom is -0.497 e. The summed E-state index contributed by atoms with van der Waals surface area (Å²) in [5.41, 5.74) is 2.72. The zero-order chi connectivity index (χ0) is 27.6. The van der Waals surface area contributed by atoms with Crippen LogP contribution in [0.4, 0.5) is 4.39 Å². The van der Waals surface area contributed by atoms with Gasteiger partial charge in [-0.1, -0.05) is 12.1 Å². The highest BCUT2D eigenvalue weighted by Crippen LogP contribution is 2.36. The number of aliphatic carboxylic acids is 1. The van der Waals surface area contributed by atoms with Gasteiger partial charge in [0.2, 0.25) is 0 Å². The monoisotopic (exact) mass is 536 g/mol. The van der Waals surface area contributed by atoms with E-state index >= 15 is 4.39 Å². The third kappa shape index (κ3) is 8.15. The number of ether oxygens (including phenoxy) is 2. The Morgan fingerprint density at radius 1 is 1.05 bits per heavy atom. The van der Waals surface area contributed by atoms with E-state index in [1.807, 2.05) is 30.3 Å².